The van der Waals surface area contributed by atoms with Gasteiger partial charge in [-0.15, -0.1) is 0 Å². The fraction of sp³-hybridized carbons (Fsp3) is 0.188. The van der Waals surface area contributed by atoms with E-state index in [0.717, 1.165) is 4.90 Å². The summed E-state index contributed by atoms with van der Waals surface area (Å²) in [4.78, 5) is 2.30. The van der Waals surface area contributed by atoms with Gasteiger partial charge in [0.15, 0.2) is 0 Å². The first-order valence-electron chi connectivity index (χ1n) is 6.57. The van der Waals surface area contributed by atoms with Gasteiger partial charge in [-0.2, -0.15) is 0 Å². The molecular formula is C16H15ClN2S. The predicted octanol–water partition coefficient (Wildman–Crippen LogP) is 4.26. The molecule has 2 aromatic rings. The number of nitrogen functional groups attached to an aromatic ring is 1. The topological polar surface area (TPSA) is 49.9 Å². The summed E-state index contributed by atoms with van der Waals surface area (Å²) < 4.78 is 0. The highest BCUT2D eigenvalue weighted by molar-refractivity contribution is 7.99. The number of fused-ring (bicyclic) bond motifs is 1. The number of nitrogens with one attached hydrogen (secondary N) is 1. The summed E-state index contributed by atoms with van der Waals surface area (Å²) in [6.07, 6.45) is 3.66. The Morgan fingerprint density at radius 1 is 1.05 bits per heavy atom. The Morgan fingerprint density at radius 2 is 1.75 bits per heavy atom. The summed E-state index contributed by atoms with van der Waals surface area (Å²) in [6, 6.07) is 12.3. The standard InChI is InChI=1S/C16H15ClN2S/c17-15-9-13(6-7-14(15)16(18)19)20-12-5-4-10-2-1-3-11(10)8-12/h4-9H,1-3H2,(H3,18,19). The lowest BCUT2D eigenvalue weighted by Gasteiger charge is -2.07. The van der Waals surface area contributed by atoms with Crippen molar-refractivity contribution in [2.24, 2.45) is 5.73 Å². The molecule has 0 aromatic heterocycles. The van der Waals surface area contributed by atoms with Crippen LogP contribution in [0.5, 0.6) is 0 Å². The van der Waals surface area contributed by atoms with Gasteiger partial charge >= 0.3 is 0 Å². The molecule has 3 rings (SSSR count). The average Bonchev–Trinajstić information content (AvgIpc) is 2.85. The van der Waals surface area contributed by atoms with E-state index in [2.05, 4.69) is 18.2 Å². The first kappa shape index (κ1) is 13.5. The Labute approximate surface area is 127 Å². The van der Waals surface area contributed by atoms with Crippen LogP contribution in [0.4, 0.5) is 0 Å². The number of aryl methyl sites for hydroxylation is 2. The molecule has 0 unspecified atom stereocenters. The molecule has 20 heavy (non-hydrogen) atoms. The minimum absolute atomic E-state index is 0.00378. The second-order valence-corrected chi connectivity index (χ2v) is 6.50. The van der Waals surface area contributed by atoms with E-state index in [4.69, 9.17) is 22.7 Å². The van der Waals surface area contributed by atoms with Crippen LogP contribution in [0.15, 0.2) is 46.2 Å². The van der Waals surface area contributed by atoms with Gasteiger partial charge in [0.1, 0.15) is 5.84 Å². The number of benzene rings is 2. The van der Waals surface area contributed by atoms with E-state index in [1.807, 2.05) is 12.1 Å². The SMILES string of the molecule is N=C(N)c1ccc(Sc2ccc3c(c2)CCC3)cc1Cl. The Morgan fingerprint density at radius 3 is 2.50 bits per heavy atom. The summed E-state index contributed by atoms with van der Waals surface area (Å²) in [5.41, 5.74) is 9.02. The molecule has 1 aliphatic carbocycles. The Kier molecular flexibility index (Phi) is 3.72. The molecule has 0 aliphatic heterocycles. The molecule has 2 aromatic carbocycles. The second kappa shape index (κ2) is 5.51. The first-order chi connectivity index (χ1) is 9.63. The molecule has 102 valence electrons. The Bertz CT molecular complexity index is 682. The third kappa shape index (κ3) is 2.69. The summed E-state index contributed by atoms with van der Waals surface area (Å²) in [6.45, 7) is 0. The van der Waals surface area contributed by atoms with Crippen molar-refractivity contribution < 1.29 is 0 Å². The maximum atomic E-state index is 7.44. The van der Waals surface area contributed by atoms with E-state index in [1.165, 1.54) is 35.3 Å². The Hall–Kier alpha value is -1.45. The molecule has 4 heteroatoms. The number of hydrogen-bond acceptors (Lipinski definition) is 2. The van der Waals surface area contributed by atoms with Gasteiger partial charge in [-0.3, -0.25) is 5.41 Å². The van der Waals surface area contributed by atoms with E-state index in [0.29, 0.717) is 10.6 Å². The highest BCUT2D eigenvalue weighted by Crippen LogP contribution is 2.33. The molecule has 3 N–H and O–H groups in total. The van der Waals surface area contributed by atoms with Gasteiger partial charge in [-0.05, 0) is 60.7 Å². The molecule has 1 aliphatic rings. The first-order valence-corrected chi connectivity index (χ1v) is 7.76. The quantitative estimate of drug-likeness (QED) is 0.657. The van der Waals surface area contributed by atoms with Gasteiger partial charge in [0.05, 0.1) is 5.02 Å². The van der Waals surface area contributed by atoms with E-state index >= 15 is 0 Å². The Balaban J connectivity index is 1.84. The van der Waals surface area contributed by atoms with Gasteiger partial charge in [-0.25, -0.2) is 0 Å². The smallest absolute Gasteiger partial charge is 0.124 e. The lowest BCUT2D eigenvalue weighted by molar-refractivity contribution is 0.911. The van der Waals surface area contributed by atoms with E-state index < -0.39 is 0 Å². The van der Waals surface area contributed by atoms with Gasteiger partial charge in [-0.1, -0.05) is 29.4 Å². The molecule has 0 heterocycles. The lowest BCUT2D eigenvalue weighted by atomic mass is 10.1. The van der Waals surface area contributed by atoms with Crippen molar-refractivity contribution in [1.82, 2.24) is 0 Å². The van der Waals surface area contributed by atoms with Crippen LogP contribution >= 0.6 is 23.4 Å². The van der Waals surface area contributed by atoms with Crippen molar-refractivity contribution >= 4 is 29.2 Å². The van der Waals surface area contributed by atoms with Crippen LogP contribution in [0.25, 0.3) is 0 Å². The summed E-state index contributed by atoms with van der Waals surface area (Å²) in [5, 5.41) is 7.97. The van der Waals surface area contributed by atoms with Gasteiger partial charge in [0, 0.05) is 15.4 Å². The fourth-order valence-corrected chi connectivity index (χ4v) is 3.79. The zero-order chi connectivity index (χ0) is 14.1. The van der Waals surface area contributed by atoms with Crippen molar-refractivity contribution in [3.8, 4) is 0 Å². The molecular weight excluding hydrogens is 288 g/mol. The zero-order valence-electron chi connectivity index (χ0n) is 10.9. The van der Waals surface area contributed by atoms with Crippen molar-refractivity contribution in [2.75, 3.05) is 0 Å². The van der Waals surface area contributed by atoms with E-state index in [9.17, 15) is 0 Å². The van der Waals surface area contributed by atoms with Crippen molar-refractivity contribution in [3.05, 3.63) is 58.1 Å². The number of nitrogens with two attached hydrogens (primary N) is 1. The molecule has 0 saturated carbocycles. The second-order valence-electron chi connectivity index (χ2n) is 4.94. The maximum Gasteiger partial charge on any atom is 0.124 e. The average molecular weight is 303 g/mol. The highest BCUT2D eigenvalue weighted by atomic mass is 35.5. The normalized spacial score (nSPS) is 13.2. The summed E-state index contributed by atoms with van der Waals surface area (Å²) >= 11 is 7.84. The van der Waals surface area contributed by atoms with Gasteiger partial charge in [0.25, 0.3) is 0 Å². The predicted molar refractivity (Wildman–Crippen MR) is 85.1 cm³/mol. The molecule has 2 nitrogen and oxygen atoms in total. The van der Waals surface area contributed by atoms with Crippen LogP contribution < -0.4 is 5.73 Å². The third-order valence-electron chi connectivity index (χ3n) is 3.54. The van der Waals surface area contributed by atoms with Crippen molar-refractivity contribution in [1.29, 1.82) is 5.41 Å². The molecule has 0 fully saturated rings. The fourth-order valence-electron chi connectivity index (χ4n) is 2.53. The minimum Gasteiger partial charge on any atom is -0.384 e. The molecule has 0 spiro atoms. The van der Waals surface area contributed by atoms with E-state index in [1.54, 1.807) is 17.8 Å². The highest BCUT2D eigenvalue weighted by Gasteiger charge is 2.11. The van der Waals surface area contributed by atoms with Crippen LogP contribution in [0, 0.1) is 5.41 Å². The van der Waals surface area contributed by atoms with E-state index in [-0.39, 0.29) is 5.84 Å². The molecule has 0 saturated heterocycles. The minimum atomic E-state index is 0.00378. The van der Waals surface area contributed by atoms with Gasteiger partial charge < -0.3 is 5.73 Å². The van der Waals surface area contributed by atoms with Crippen molar-refractivity contribution in [2.45, 2.75) is 29.1 Å². The summed E-state index contributed by atoms with van der Waals surface area (Å²) in [7, 11) is 0. The van der Waals surface area contributed by atoms with Crippen LogP contribution in [0.3, 0.4) is 0 Å². The molecule has 0 atom stereocenters. The van der Waals surface area contributed by atoms with Crippen molar-refractivity contribution in [3.63, 3.8) is 0 Å². The largest absolute Gasteiger partial charge is 0.384 e. The zero-order valence-corrected chi connectivity index (χ0v) is 12.5. The molecule has 0 amide bonds. The summed E-state index contributed by atoms with van der Waals surface area (Å²) in [5.74, 6) is 0.00378. The third-order valence-corrected chi connectivity index (χ3v) is 4.83. The molecule has 0 bridgehead atoms. The maximum absolute atomic E-state index is 7.44. The lowest BCUT2D eigenvalue weighted by Crippen LogP contribution is -2.11. The van der Waals surface area contributed by atoms with Crippen LogP contribution in [0.1, 0.15) is 23.1 Å². The number of amidine groups is 1. The van der Waals surface area contributed by atoms with Crippen LogP contribution in [-0.4, -0.2) is 5.84 Å². The molecule has 0 radical (unpaired) electrons. The number of halogens is 1. The van der Waals surface area contributed by atoms with Crippen LogP contribution in [0.2, 0.25) is 5.02 Å². The number of rotatable bonds is 3. The monoisotopic (exact) mass is 302 g/mol. The van der Waals surface area contributed by atoms with Gasteiger partial charge in [0.2, 0.25) is 0 Å². The van der Waals surface area contributed by atoms with Crippen LogP contribution in [-0.2, 0) is 12.8 Å². The number of hydrogen-bond donors (Lipinski definition) is 2.